The van der Waals surface area contributed by atoms with Gasteiger partial charge in [-0.1, -0.05) is 6.07 Å². The average Bonchev–Trinajstić information content (AvgIpc) is 3.01. The Hall–Kier alpha value is -2.92. The van der Waals surface area contributed by atoms with Crippen LogP contribution in [0.4, 0.5) is 5.82 Å². The van der Waals surface area contributed by atoms with Crippen LogP contribution in [-0.4, -0.2) is 62.7 Å². The maximum atomic E-state index is 12.4. The van der Waals surface area contributed by atoms with Gasteiger partial charge in [0.25, 0.3) is 0 Å². The van der Waals surface area contributed by atoms with Gasteiger partial charge in [0.2, 0.25) is 5.91 Å². The molecule has 1 aliphatic rings. The Kier molecular flexibility index (Phi) is 4.72. The third-order valence-electron chi connectivity index (χ3n) is 3.90. The second-order valence-corrected chi connectivity index (χ2v) is 5.67. The summed E-state index contributed by atoms with van der Waals surface area (Å²) in [5.41, 5.74) is 0.333. The van der Waals surface area contributed by atoms with Crippen LogP contribution < -0.4 is 4.90 Å². The molecule has 1 saturated heterocycles. The Labute approximate surface area is 139 Å². The van der Waals surface area contributed by atoms with Crippen LogP contribution in [0.1, 0.15) is 5.69 Å². The monoisotopic (exact) mass is 326 g/mol. The van der Waals surface area contributed by atoms with Gasteiger partial charge < -0.3 is 19.5 Å². The predicted octanol–water partition coefficient (Wildman–Crippen LogP) is -0.141. The Morgan fingerprint density at radius 3 is 3.00 bits per heavy atom. The average molecular weight is 326 g/mol. The number of pyridine rings is 1. The van der Waals surface area contributed by atoms with Crippen LogP contribution in [0.5, 0.6) is 0 Å². The Bertz CT molecular complexity index is 739. The highest BCUT2D eigenvalue weighted by atomic mass is 16.3. The van der Waals surface area contributed by atoms with Crippen molar-refractivity contribution in [2.24, 2.45) is 0 Å². The van der Waals surface area contributed by atoms with Gasteiger partial charge in [-0.15, -0.1) is 0 Å². The molecule has 3 heterocycles. The maximum Gasteiger partial charge on any atom is 0.242 e. The molecule has 1 aliphatic heterocycles. The normalized spacial score (nSPS) is 18.1. The Balaban J connectivity index is 1.68. The first kappa shape index (κ1) is 16.0. The highest BCUT2D eigenvalue weighted by Crippen LogP contribution is 2.15. The number of nitriles is 1. The fourth-order valence-electron chi connectivity index (χ4n) is 2.72. The number of carbonyl (C=O) groups is 1. The van der Waals surface area contributed by atoms with Crippen LogP contribution in [0.3, 0.4) is 0 Å². The van der Waals surface area contributed by atoms with Crippen molar-refractivity contribution in [1.82, 2.24) is 19.4 Å². The highest BCUT2D eigenvalue weighted by molar-refractivity contribution is 5.76. The molecule has 24 heavy (non-hydrogen) atoms. The van der Waals surface area contributed by atoms with Crippen molar-refractivity contribution in [3.05, 3.63) is 42.6 Å². The number of aromatic nitrogens is 3. The number of imidazole rings is 1. The number of hydrogen-bond donors (Lipinski definition) is 1. The van der Waals surface area contributed by atoms with E-state index in [1.807, 2.05) is 11.0 Å². The van der Waals surface area contributed by atoms with Crippen LogP contribution in [0, 0.1) is 11.3 Å². The minimum absolute atomic E-state index is 0.0624. The first-order valence-electron chi connectivity index (χ1n) is 7.69. The van der Waals surface area contributed by atoms with Crippen molar-refractivity contribution in [1.29, 1.82) is 5.26 Å². The van der Waals surface area contributed by atoms with E-state index in [0.717, 1.165) is 0 Å². The molecule has 0 aromatic carbocycles. The van der Waals surface area contributed by atoms with E-state index < -0.39 is 6.10 Å². The summed E-state index contributed by atoms with van der Waals surface area (Å²) >= 11 is 0. The Morgan fingerprint density at radius 2 is 2.25 bits per heavy atom. The lowest BCUT2D eigenvalue weighted by Crippen LogP contribution is -2.39. The maximum absolute atomic E-state index is 12.4. The lowest BCUT2D eigenvalue weighted by molar-refractivity contribution is -0.132. The molecule has 0 aliphatic carbocycles. The van der Waals surface area contributed by atoms with Crippen molar-refractivity contribution < 1.29 is 9.90 Å². The lowest BCUT2D eigenvalue weighted by Gasteiger charge is -2.22. The molecule has 124 valence electrons. The molecule has 2 aromatic heterocycles. The number of aliphatic hydroxyl groups excluding tert-OH is 1. The molecule has 2 aromatic rings. The van der Waals surface area contributed by atoms with Gasteiger partial charge in [0.05, 0.1) is 12.4 Å². The number of nitrogens with zero attached hydrogens (tertiary/aromatic N) is 6. The summed E-state index contributed by atoms with van der Waals surface area (Å²) in [6, 6.07) is 7.22. The molecule has 1 atom stereocenters. The van der Waals surface area contributed by atoms with E-state index in [2.05, 4.69) is 9.97 Å². The smallest absolute Gasteiger partial charge is 0.242 e. The molecule has 0 radical (unpaired) electrons. The van der Waals surface area contributed by atoms with Gasteiger partial charge in [-0.25, -0.2) is 9.97 Å². The number of anilines is 1. The van der Waals surface area contributed by atoms with Gasteiger partial charge in [-0.3, -0.25) is 4.79 Å². The number of carbonyl (C=O) groups excluding carboxylic acids is 1. The quantitative estimate of drug-likeness (QED) is 0.843. The second kappa shape index (κ2) is 7.10. The first-order valence-corrected chi connectivity index (χ1v) is 7.69. The van der Waals surface area contributed by atoms with E-state index in [9.17, 15) is 9.90 Å². The summed E-state index contributed by atoms with van der Waals surface area (Å²) in [6.45, 7) is 1.89. The predicted molar refractivity (Wildman–Crippen MR) is 86.0 cm³/mol. The molecule has 8 heteroatoms. The molecule has 0 bridgehead atoms. The van der Waals surface area contributed by atoms with Crippen molar-refractivity contribution in [2.75, 3.05) is 31.1 Å². The number of amides is 1. The van der Waals surface area contributed by atoms with Crippen LogP contribution in [0.25, 0.3) is 0 Å². The van der Waals surface area contributed by atoms with E-state index in [4.69, 9.17) is 5.26 Å². The molecule has 1 fully saturated rings. The number of aliphatic hydroxyl groups is 1. The molecule has 3 rings (SSSR count). The molecule has 1 N–H and O–H groups in total. The standard InChI is InChI=1S/C16H18N6O2/c17-8-13-2-1-3-15(19-13)21-6-7-22(10-14(23)9-21)16(24)11-20-5-4-18-12-20/h1-5,12,14,23H,6-7,9-11H2/t14-/m1/s1. The van der Waals surface area contributed by atoms with E-state index in [0.29, 0.717) is 31.1 Å². The third-order valence-corrected chi connectivity index (χ3v) is 3.90. The fraction of sp³-hybridized carbons (Fsp3) is 0.375. The van der Waals surface area contributed by atoms with Gasteiger partial charge in [0.15, 0.2) is 0 Å². The molecule has 1 amide bonds. The van der Waals surface area contributed by atoms with E-state index in [1.165, 1.54) is 0 Å². The van der Waals surface area contributed by atoms with Gasteiger partial charge in [0.1, 0.15) is 24.1 Å². The van der Waals surface area contributed by atoms with Crippen molar-refractivity contribution >= 4 is 11.7 Å². The van der Waals surface area contributed by atoms with E-state index >= 15 is 0 Å². The summed E-state index contributed by atoms with van der Waals surface area (Å²) in [4.78, 5) is 24.1. The lowest BCUT2D eigenvalue weighted by atomic mass is 10.3. The molecule has 0 spiro atoms. The zero-order valence-corrected chi connectivity index (χ0v) is 13.1. The van der Waals surface area contributed by atoms with Crippen LogP contribution in [-0.2, 0) is 11.3 Å². The van der Waals surface area contributed by atoms with Gasteiger partial charge >= 0.3 is 0 Å². The molecule has 8 nitrogen and oxygen atoms in total. The first-order chi connectivity index (χ1) is 11.7. The van der Waals surface area contributed by atoms with Gasteiger partial charge in [-0.05, 0) is 12.1 Å². The zero-order chi connectivity index (χ0) is 16.9. The van der Waals surface area contributed by atoms with Gasteiger partial charge in [0, 0.05) is 38.6 Å². The van der Waals surface area contributed by atoms with Crippen molar-refractivity contribution in [2.45, 2.75) is 12.6 Å². The highest BCUT2D eigenvalue weighted by Gasteiger charge is 2.25. The van der Waals surface area contributed by atoms with Crippen molar-refractivity contribution in [3.8, 4) is 6.07 Å². The largest absolute Gasteiger partial charge is 0.389 e. The summed E-state index contributed by atoms with van der Waals surface area (Å²) in [5, 5.41) is 19.2. The fourth-order valence-corrected chi connectivity index (χ4v) is 2.72. The topological polar surface area (TPSA) is 98.3 Å². The molecular weight excluding hydrogens is 308 g/mol. The number of rotatable bonds is 3. The molecule has 0 unspecified atom stereocenters. The molecular formula is C16H18N6O2. The third kappa shape index (κ3) is 3.70. The summed E-state index contributed by atoms with van der Waals surface area (Å²) in [5.74, 6) is 0.574. The number of hydrogen-bond acceptors (Lipinski definition) is 6. The Morgan fingerprint density at radius 1 is 1.38 bits per heavy atom. The van der Waals surface area contributed by atoms with Crippen LogP contribution in [0.15, 0.2) is 36.9 Å². The summed E-state index contributed by atoms with van der Waals surface area (Å²) in [6.07, 6.45) is 4.28. The van der Waals surface area contributed by atoms with Crippen molar-refractivity contribution in [3.63, 3.8) is 0 Å². The SMILES string of the molecule is N#Cc1cccc(N2CCN(C(=O)Cn3ccnc3)C[C@H](O)C2)n1. The number of β-amino-alcohol motifs (C(OH)–C–C–N with tert-alkyl or cyclic N) is 1. The van der Waals surface area contributed by atoms with E-state index in [-0.39, 0.29) is 19.0 Å². The zero-order valence-electron chi connectivity index (χ0n) is 13.1. The second-order valence-electron chi connectivity index (χ2n) is 5.67. The summed E-state index contributed by atoms with van der Waals surface area (Å²) in [7, 11) is 0. The van der Waals surface area contributed by atoms with E-state index in [1.54, 1.807) is 46.4 Å². The minimum Gasteiger partial charge on any atom is -0.389 e. The van der Waals surface area contributed by atoms with Crippen LogP contribution >= 0.6 is 0 Å². The van der Waals surface area contributed by atoms with Gasteiger partial charge in [-0.2, -0.15) is 5.26 Å². The molecule has 0 saturated carbocycles. The minimum atomic E-state index is -0.674. The summed E-state index contributed by atoms with van der Waals surface area (Å²) < 4.78 is 1.70. The van der Waals surface area contributed by atoms with Crippen LogP contribution in [0.2, 0.25) is 0 Å².